The Balaban J connectivity index is 1.26. The van der Waals surface area contributed by atoms with Gasteiger partial charge in [-0.15, -0.1) is 0 Å². The maximum Gasteiger partial charge on any atom is 0.246 e. The summed E-state index contributed by atoms with van der Waals surface area (Å²) in [6.07, 6.45) is 2.26. The van der Waals surface area contributed by atoms with Gasteiger partial charge >= 0.3 is 0 Å². The maximum absolute atomic E-state index is 14.5. The number of amides is 2. The minimum Gasteiger partial charge on any atom is -0.352 e. The number of aliphatic imine (C=N–C) groups is 1. The second-order valence-electron chi connectivity index (χ2n) is 11.4. The van der Waals surface area contributed by atoms with Crippen LogP contribution in [0, 0.1) is 12.7 Å². The fourth-order valence-electron chi connectivity index (χ4n) is 6.14. The first-order valence-corrected chi connectivity index (χ1v) is 14.5. The lowest BCUT2D eigenvalue weighted by Gasteiger charge is -2.45. The minimum absolute atomic E-state index is 0.0390. The number of halogens is 1. The summed E-state index contributed by atoms with van der Waals surface area (Å²) in [5, 5.41) is 1.45. The van der Waals surface area contributed by atoms with Crippen LogP contribution in [-0.2, 0) is 29.1 Å². The minimum atomic E-state index is -0.614. The van der Waals surface area contributed by atoms with Crippen molar-refractivity contribution in [3.8, 4) is 0 Å². The zero-order valence-electron chi connectivity index (χ0n) is 24.0. The molecule has 1 saturated heterocycles. The van der Waals surface area contributed by atoms with Gasteiger partial charge in [-0.3, -0.25) is 14.6 Å². The number of carbonyl (C=O) groups is 2. The molecule has 3 unspecified atom stereocenters. The lowest BCUT2D eigenvalue weighted by Crippen LogP contribution is -2.65. The van der Waals surface area contributed by atoms with Gasteiger partial charge in [0.1, 0.15) is 17.9 Å². The predicted octanol–water partition coefficient (Wildman–Crippen LogP) is 5.37. The summed E-state index contributed by atoms with van der Waals surface area (Å²) >= 11 is 0. The van der Waals surface area contributed by atoms with E-state index >= 15 is 0 Å². The van der Waals surface area contributed by atoms with Crippen molar-refractivity contribution in [2.24, 2.45) is 4.99 Å². The molecule has 6 nitrogen and oxygen atoms in total. The molecule has 3 atom stereocenters. The topological polar surface area (TPSA) is 56.2 Å². The third kappa shape index (κ3) is 5.64. The van der Waals surface area contributed by atoms with Gasteiger partial charge in [0.25, 0.3) is 0 Å². The van der Waals surface area contributed by atoms with Crippen LogP contribution in [-0.4, -0.2) is 64.1 Å². The second kappa shape index (κ2) is 11.8. The quantitative estimate of drug-likeness (QED) is 0.290. The summed E-state index contributed by atoms with van der Waals surface area (Å²) < 4.78 is 14.5. The fraction of sp³-hybridized carbons (Fsp3) is 0.286. The highest BCUT2D eigenvalue weighted by Gasteiger charge is 2.45. The van der Waals surface area contributed by atoms with Gasteiger partial charge in [-0.05, 0) is 48.1 Å². The van der Waals surface area contributed by atoms with Crippen LogP contribution in [0.1, 0.15) is 29.2 Å². The molecule has 0 N–H and O–H groups in total. The van der Waals surface area contributed by atoms with Crippen molar-refractivity contribution in [3.05, 3.63) is 119 Å². The van der Waals surface area contributed by atoms with Crippen LogP contribution in [0.5, 0.6) is 0 Å². The van der Waals surface area contributed by atoms with E-state index in [1.165, 1.54) is 6.07 Å². The Hall–Kier alpha value is -4.52. The molecule has 1 fully saturated rings. The molecule has 7 heteroatoms. The van der Waals surface area contributed by atoms with Gasteiger partial charge in [-0.2, -0.15) is 0 Å². The average molecular weight is 563 g/mol. The number of fused-ring (bicyclic) bond motifs is 1. The largest absolute Gasteiger partial charge is 0.352 e. The Bertz CT molecular complexity index is 1640. The molecule has 0 aromatic heterocycles. The number of benzene rings is 4. The number of piperazine rings is 1. The van der Waals surface area contributed by atoms with Gasteiger partial charge in [0.2, 0.25) is 11.8 Å². The van der Waals surface area contributed by atoms with E-state index in [0.29, 0.717) is 38.0 Å². The Kier molecular flexibility index (Phi) is 7.74. The van der Waals surface area contributed by atoms with E-state index in [4.69, 9.17) is 0 Å². The fourth-order valence-corrected chi connectivity index (χ4v) is 6.14. The summed E-state index contributed by atoms with van der Waals surface area (Å²) in [5.74, 6) is -0.336. The average Bonchev–Trinajstić information content (AvgIpc) is 3.43. The summed E-state index contributed by atoms with van der Waals surface area (Å²) in [4.78, 5) is 38.3. The molecule has 2 aliphatic rings. The Morgan fingerprint density at radius 2 is 1.60 bits per heavy atom. The number of hydrogen-bond acceptors (Lipinski definition) is 4. The second-order valence-corrected chi connectivity index (χ2v) is 11.4. The van der Waals surface area contributed by atoms with Crippen LogP contribution >= 0.6 is 0 Å². The van der Waals surface area contributed by atoms with Crippen molar-refractivity contribution in [3.63, 3.8) is 0 Å². The standard InChI is InChI=1S/C35H35FN4O2/c1-24-8-6-11-27(16-24)18-33-35(42)39(21-26-9-4-3-5-10-26)25(2)34(41)40(33)22-30-19-37-23-38(30)20-28-14-15-29-12-7-13-32(36)31(29)17-28/h3-17,23,25,30,33H,18-22H2,1-2H3. The summed E-state index contributed by atoms with van der Waals surface area (Å²) in [5.41, 5.74) is 4.10. The molecule has 2 heterocycles. The van der Waals surface area contributed by atoms with Gasteiger partial charge in [0.15, 0.2) is 0 Å². The Morgan fingerprint density at radius 1 is 0.810 bits per heavy atom. The molecule has 2 amide bonds. The van der Waals surface area contributed by atoms with Gasteiger partial charge in [-0.25, -0.2) is 4.39 Å². The molecule has 2 aliphatic heterocycles. The molecule has 0 aliphatic carbocycles. The number of carbonyl (C=O) groups excluding carboxylic acids is 2. The summed E-state index contributed by atoms with van der Waals surface area (Å²) in [6.45, 7) is 5.69. The van der Waals surface area contributed by atoms with E-state index in [-0.39, 0.29) is 23.7 Å². The van der Waals surface area contributed by atoms with Crippen molar-refractivity contribution < 1.29 is 14.0 Å². The van der Waals surface area contributed by atoms with Crippen LogP contribution in [0.4, 0.5) is 4.39 Å². The predicted molar refractivity (Wildman–Crippen MR) is 163 cm³/mol. The number of rotatable bonds is 8. The van der Waals surface area contributed by atoms with Crippen molar-refractivity contribution >= 4 is 28.9 Å². The smallest absolute Gasteiger partial charge is 0.246 e. The van der Waals surface area contributed by atoms with Crippen LogP contribution < -0.4 is 0 Å². The monoisotopic (exact) mass is 562 g/mol. The molecular weight excluding hydrogens is 527 g/mol. The van der Waals surface area contributed by atoms with Gasteiger partial charge < -0.3 is 14.7 Å². The third-order valence-corrected chi connectivity index (χ3v) is 8.44. The van der Waals surface area contributed by atoms with Gasteiger partial charge in [0.05, 0.1) is 18.9 Å². The van der Waals surface area contributed by atoms with E-state index in [1.54, 1.807) is 15.9 Å². The number of nitrogens with zero attached hydrogens (tertiary/aromatic N) is 4. The van der Waals surface area contributed by atoms with E-state index in [0.717, 1.165) is 27.6 Å². The van der Waals surface area contributed by atoms with Crippen LogP contribution in [0.25, 0.3) is 10.8 Å². The third-order valence-electron chi connectivity index (χ3n) is 8.44. The normalized spacial score (nSPS) is 20.6. The Labute approximate surface area is 246 Å². The van der Waals surface area contributed by atoms with Crippen molar-refractivity contribution in [1.82, 2.24) is 14.7 Å². The van der Waals surface area contributed by atoms with E-state index in [2.05, 4.69) is 16.0 Å². The highest BCUT2D eigenvalue weighted by Crippen LogP contribution is 2.26. The van der Waals surface area contributed by atoms with Gasteiger partial charge in [0, 0.05) is 31.4 Å². The first-order valence-electron chi connectivity index (χ1n) is 14.5. The summed E-state index contributed by atoms with van der Waals surface area (Å²) in [7, 11) is 0. The van der Waals surface area contributed by atoms with Crippen molar-refractivity contribution in [1.29, 1.82) is 0 Å². The van der Waals surface area contributed by atoms with Crippen LogP contribution in [0.15, 0.2) is 96.0 Å². The zero-order chi connectivity index (χ0) is 29.2. The van der Waals surface area contributed by atoms with Crippen molar-refractivity contribution in [2.45, 2.75) is 51.5 Å². The molecule has 6 rings (SSSR count). The SMILES string of the molecule is Cc1cccc(CC2C(=O)N(Cc3ccccc3)C(C)C(=O)N2CC2CN=CN2Cc2ccc3cccc(F)c3c2)c1. The highest BCUT2D eigenvalue weighted by atomic mass is 19.1. The maximum atomic E-state index is 14.5. The highest BCUT2D eigenvalue weighted by molar-refractivity contribution is 5.97. The number of hydrogen-bond donors (Lipinski definition) is 0. The van der Waals surface area contributed by atoms with E-state index in [9.17, 15) is 14.0 Å². The van der Waals surface area contributed by atoms with Crippen LogP contribution in [0.3, 0.4) is 0 Å². The molecule has 0 saturated carbocycles. The van der Waals surface area contributed by atoms with Crippen LogP contribution in [0.2, 0.25) is 0 Å². The van der Waals surface area contributed by atoms with E-state index < -0.39 is 12.1 Å². The Morgan fingerprint density at radius 3 is 2.40 bits per heavy atom. The van der Waals surface area contributed by atoms with Gasteiger partial charge in [-0.1, -0.05) is 84.4 Å². The lowest BCUT2D eigenvalue weighted by atomic mass is 9.96. The molecule has 4 aromatic carbocycles. The van der Waals surface area contributed by atoms with E-state index in [1.807, 2.05) is 93.0 Å². The lowest BCUT2D eigenvalue weighted by molar-refractivity contribution is -0.162. The van der Waals surface area contributed by atoms with Crippen molar-refractivity contribution in [2.75, 3.05) is 13.1 Å². The first-order chi connectivity index (χ1) is 20.4. The number of aryl methyl sites for hydroxylation is 1. The molecule has 0 spiro atoms. The molecule has 0 radical (unpaired) electrons. The first kappa shape index (κ1) is 27.6. The molecule has 214 valence electrons. The zero-order valence-corrected chi connectivity index (χ0v) is 24.0. The molecular formula is C35H35FN4O2. The molecule has 4 aromatic rings. The summed E-state index contributed by atoms with van der Waals surface area (Å²) in [6, 6.07) is 27.6. The molecule has 42 heavy (non-hydrogen) atoms. The molecule has 0 bridgehead atoms.